The number of hydrogen-bond donors (Lipinski definition) is 2. The number of aryl methyl sites for hydroxylation is 2. The molecule has 1 amide bonds. The molecule has 0 bridgehead atoms. The normalized spacial score (nSPS) is 11.2. The van der Waals surface area contributed by atoms with Gasteiger partial charge in [0.2, 0.25) is 5.91 Å². The molecule has 0 aliphatic heterocycles. The Kier molecular flexibility index (Phi) is 7.87. The van der Waals surface area contributed by atoms with E-state index in [4.69, 9.17) is 11.6 Å². The smallest absolute Gasteiger partial charge is 0.261 e. The fourth-order valence-electron chi connectivity index (χ4n) is 3.25. The van der Waals surface area contributed by atoms with Gasteiger partial charge in [0.05, 0.1) is 16.3 Å². The van der Waals surface area contributed by atoms with Crippen LogP contribution in [0, 0.1) is 20.8 Å². The monoisotopic (exact) mass is 488 g/mol. The minimum Gasteiger partial charge on any atom is -0.325 e. The Morgan fingerprint density at radius 3 is 2.28 bits per heavy atom. The predicted molar refractivity (Wildman–Crippen MR) is 134 cm³/mol. The lowest BCUT2D eigenvalue weighted by Crippen LogP contribution is -2.15. The van der Waals surface area contributed by atoms with Crippen molar-refractivity contribution in [2.75, 3.05) is 15.8 Å². The van der Waals surface area contributed by atoms with E-state index in [2.05, 4.69) is 42.1 Å². The highest BCUT2D eigenvalue weighted by atomic mass is 35.5. The Morgan fingerprint density at radius 2 is 1.62 bits per heavy atom. The Labute approximate surface area is 198 Å². The number of carbonyl (C=O) groups is 1. The first-order valence-corrected chi connectivity index (χ1v) is 13.0. The third-order valence-electron chi connectivity index (χ3n) is 4.74. The molecule has 0 aliphatic rings. The molecule has 3 aromatic carbocycles. The number of sulfonamides is 1. The van der Waals surface area contributed by atoms with Crippen molar-refractivity contribution in [3.8, 4) is 0 Å². The van der Waals surface area contributed by atoms with Crippen LogP contribution < -0.4 is 10.0 Å². The third-order valence-corrected chi connectivity index (χ3v) is 7.54. The fourth-order valence-corrected chi connectivity index (χ4v) is 5.31. The van der Waals surface area contributed by atoms with Crippen LogP contribution in [0.3, 0.4) is 0 Å². The molecular weight excluding hydrogens is 464 g/mol. The summed E-state index contributed by atoms with van der Waals surface area (Å²) in [5, 5.41) is 3.29. The summed E-state index contributed by atoms with van der Waals surface area (Å²) in [6.07, 6.45) is 0. The molecule has 3 aromatic rings. The Balaban J connectivity index is 1.56. The van der Waals surface area contributed by atoms with Crippen molar-refractivity contribution in [2.24, 2.45) is 0 Å². The van der Waals surface area contributed by atoms with Crippen LogP contribution in [0.4, 0.5) is 11.4 Å². The predicted octanol–water partition coefficient (Wildman–Crippen LogP) is 5.94. The summed E-state index contributed by atoms with van der Waals surface area (Å²) in [6, 6.07) is 17.5. The van der Waals surface area contributed by atoms with Gasteiger partial charge in [-0.05, 0) is 68.3 Å². The van der Waals surface area contributed by atoms with Gasteiger partial charge in [0.1, 0.15) is 0 Å². The summed E-state index contributed by atoms with van der Waals surface area (Å²) in [6.45, 7) is 5.86. The first kappa shape index (κ1) is 24.2. The molecular formula is C24H25ClN2O3S2. The van der Waals surface area contributed by atoms with Gasteiger partial charge in [-0.25, -0.2) is 8.42 Å². The second-order valence-corrected chi connectivity index (χ2v) is 10.7. The number of halogens is 1. The van der Waals surface area contributed by atoms with Crippen LogP contribution in [0.25, 0.3) is 0 Å². The van der Waals surface area contributed by atoms with Crippen LogP contribution in [-0.4, -0.2) is 20.1 Å². The average Bonchev–Trinajstić information content (AvgIpc) is 2.71. The van der Waals surface area contributed by atoms with Crippen LogP contribution >= 0.6 is 23.4 Å². The fraction of sp³-hybridized carbons (Fsp3) is 0.208. The van der Waals surface area contributed by atoms with E-state index in [-0.39, 0.29) is 10.8 Å². The average molecular weight is 489 g/mol. The van der Waals surface area contributed by atoms with Crippen LogP contribution in [0.5, 0.6) is 0 Å². The number of carbonyl (C=O) groups excluding carboxylic acids is 1. The van der Waals surface area contributed by atoms with Gasteiger partial charge in [0.15, 0.2) is 0 Å². The molecule has 0 heterocycles. The summed E-state index contributed by atoms with van der Waals surface area (Å²) in [5.41, 5.74) is 5.23. The lowest BCUT2D eigenvalue weighted by molar-refractivity contribution is -0.113. The molecule has 0 aliphatic carbocycles. The van der Waals surface area contributed by atoms with Gasteiger partial charge < -0.3 is 5.32 Å². The molecule has 5 nitrogen and oxygen atoms in total. The molecule has 0 spiro atoms. The summed E-state index contributed by atoms with van der Waals surface area (Å²) in [4.78, 5) is 12.4. The Morgan fingerprint density at radius 1 is 0.969 bits per heavy atom. The van der Waals surface area contributed by atoms with Crippen molar-refractivity contribution < 1.29 is 13.2 Å². The zero-order valence-electron chi connectivity index (χ0n) is 18.1. The van der Waals surface area contributed by atoms with Crippen molar-refractivity contribution in [3.05, 3.63) is 87.9 Å². The van der Waals surface area contributed by atoms with Crippen molar-refractivity contribution >= 4 is 50.7 Å². The summed E-state index contributed by atoms with van der Waals surface area (Å²) < 4.78 is 27.9. The van der Waals surface area contributed by atoms with E-state index in [1.807, 2.05) is 0 Å². The molecule has 0 fully saturated rings. The van der Waals surface area contributed by atoms with E-state index in [1.165, 1.54) is 40.6 Å². The maximum Gasteiger partial charge on any atom is 0.261 e. The Bertz CT molecular complexity index is 1210. The zero-order chi connectivity index (χ0) is 23.3. The number of anilines is 2. The SMILES string of the molecule is Cc1cc(C)cc(CSCC(=O)Nc2ccc(S(=O)(=O)Nc3cccc(Cl)c3C)cc2)c1. The topological polar surface area (TPSA) is 75.3 Å². The van der Waals surface area contributed by atoms with Gasteiger partial charge in [-0.1, -0.05) is 47.0 Å². The van der Waals surface area contributed by atoms with Gasteiger partial charge in [-0.15, -0.1) is 11.8 Å². The van der Waals surface area contributed by atoms with Gasteiger partial charge in [0, 0.05) is 16.5 Å². The molecule has 0 unspecified atom stereocenters. The molecule has 0 saturated carbocycles. The highest BCUT2D eigenvalue weighted by Gasteiger charge is 2.16. The minimum absolute atomic E-state index is 0.0964. The second-order valence-electron chi connectivity index (χ2n) is 7.58. The lowest BCUT2D eigenvalue weighted by atomic mass is 10.1. The minimum atomic E-state index is -3.78. The second kappa shape index (κ2) is 10.4. The molecule has 0 saturated heterocycles. The highest BCUT2D eigenvalue weighted by molar-refractivity contribution is 7.99. The number of benzene rings is 3. The van der Waals surface area contributed by atoms with E-state index in [0.29, 0.717) is 27.7 Å². The molecule has 0 atom stereocenters. The molecule has 0 radical (unpaired) electrons. The maximum absolute atomic E-state index is 12.7. The quantitative estimate of drug-likeness (QED) is 0.411. The largest absolute Gasteiger partial charge is 0.325 e. The third kappa shape index (κ3) is 6.51. The van der Waals surface area contributed by atoms with Gasteiger partial charge in [0.25, 0.3) is 10.0 Å². The Hall–Kier alpha value is -2.48. The molecule has 2 N–H and O–H groups in total. The molecule has 0 aromatic heterocycles. The molecule has 168 valence electrons. The first-order chi connectivity index (χ1) is 15.1. The van der Waals surface area contributed by atoms with Gasteiger partial charge in [-0.2, -0.15) is 0 Å². The summed E-state index contributed by atoms with van der Waals surface area (Å²) in [5.74, 6) is 0.923. The summed E-state index contributed by atoms with van der Waals surface area (Å²) in [7, 11) is -3.78. The molecule has 8 heteroatoms. The van der Waals surface area contributed by atoms with Crippen LogP contribution in [0.1, 0.15) is 22.3 Å². The van der Waals surface area contributed by atoms with E-state index in [9.17, 15) is 13.2 Å². The van der Waals surface area contributed by atoms with E-state index in [1.54, 1.807) is 37.3 Å². The van der Waals surface area contributed by atoms with Crippen molar-refractivity contribution in [2.45, 2.75) is 31.4 Å². The van der Waals surface area contributed by atoms with Crippen LogP contribution in [-0.2, 0) is 20.6 Å². The number of amides is 1. The van der Waals surface area contributed by atoms with Crippen molar-refractivity contribution in [3.63, 3.8) is 0 Å². The van der Waals surface area contributed by atoms with E-state index in [0.717, 1.165) is 5.75 Å². The van der Waals surface area contributed by atoms with E-state index < -0.39 is 10.0 Å². The lowest BCUT2D eigenvalue weighted by Gasteiger charge is -2.12. The summed E-state index contributed by atoms with van der Waals surface area (Å²) >= 11 is 7.60. The maximum atomic E-state index is 12.7. The number of nitrogens with one attached hydrogen (secondary N) is 2. The van der Waals surface area contributed by atoms with Crippen LogP contribution in [0.2, 0.25) is 5.02 Å². The molecule has 32 heavy (non-hydrogen) atoms. The zero-order valence-corrected chi connectivity index (χ0v) is 20.5. The van der Waals surface area contributed by atoms with Gasteiger partial charge >= 0.3 is 0 Å². The van der Waals surface area contributed by atoms with Crippen molar-refractivity contribution in [1.82, 2.24) is 0 Å². The number of rotatable bonds is 8. The standard InChI is InChI=1S/C24H25ClN2O3S2/c1-16-11-17(2)13-19(12-16)14-31-15-24(28)26-20-7-9-21(10-8-20)32(29,30)27-23-6-4-5-22(25)18(23)3/h4-13,27H,14-15H2,1-3H3,(H,26,28). The van der Waals surface area contributed by atoms with Crippen molar-refractivity contribution in [1.29, 1.82) is 0 Å². The highest BCUT2D eigenvalue weighted by Crippen LogP contribution is 2.26. The number of hydrogen-bond acceptors (Lipinski definition) is 4. The number of thioether (sulfide) groups is 1. The molecule has 3 rings (SSSR count). The van der Waals surface area contributed by atoms with Gasteiger partial charge in [-0.3, -0.25) is 9.52 Å². The van der Waals surface area contributed by atoms with E-state index >= 15 is 0 Å². The van der Waals surface area contributed by atoms with Crippen LogP contribution in [0.15, 0.2) is 65.6 Å². The first-order valence-electron chi connectivity index (χ1n) is 9.97.